The van der Waals surface area contributed by atoms with Crippen LogP contribution in [0.1, 0.15) is 18.7 Å². The molecule has 0 aliphatic carbocycles. The molecule has 2 aromatic carbocycles. The number of aryl methyl sites for hydroxylation is 1. The summed E-state index contributed by atoms with van der Waals surface area (Å²) in [5, 5.41) is 9.86. The van der Waals surface area contributed by atoms with E-state index < -0.39 is 0 Å². The Morgan fingerprint density at radius 1 is 1.00 bits per heavy atom. The second kappa shape index (κ2) is 15.6. The van der Waals surface area contributed by atoms with Gasteiger partial charge in [-0.25, -0.2) is 9.97 Å². The topological polar surface area (TPSA) is 125 Å². The number of rotatable bonds is 12. The Morgan fingerprint density at radius 2 is 1.78 bits per heavy atom. The van der Waals surface area contributed by atoms with Crippen molar-refractivity contribution in [2.24, 2.45) is 7.05 Å². The smallest absolute Gasteiger partial charge is 0.247 e. The van der Waals surface area contributed by atoms with Crippen molar-refractivity contribution in [1.82, 2.24) is 29.3 Å². The molecule has 3 N–H and O–H groups in total. The summed E-state index contributed by atoms with van der Waals surface area (Å²) in [6, 6.07) is 11.9. The monoisotopic (exact) mass is 686 g/mol. The van der Waals surface area contributed by atoms with Crippen LogP contribution >= 0.6 is 11.6 Å². The van der Waals surface area contributed by atoms with E-state index in [0.29, 0.717) is 52.1 Å². The van der Waals surface area contributed by atoms with Crippen molar-refractivity contribution in [2.75, 3.05) is 74.3 Å². The van der Waals surface area contributed by atoms with Crippen LogP contribution in [0.2, 0.25) is 5.02 Å². The summed E-state index contributed by atoms with van der Waals surface area (Å²) in [5.41, 5.74) is 2.77. The van der Waals surface area contributed by atoms with Crippen molar-refractivity contribution in [2.45, 2.75) is 25.5 Å². The summed E-state index contributed by atoms with van der Waals surface area (Å²) < 4.78 is 13.8. The van der Waals surface area contributed by atoms with Crippen molar-refractivity contribution in [1.29, 1.82) is 0 Å². The van der Waals surface area contributed by atoms with Gasteiger partial charge in [-0.05, 0) is 44.2 Å². The zero-order valence-corrected chi connectivity index (χ0v) is 28.9. The predicted molar refractivity (Wildman–Crippen MR) is 194 cm³/mol. The highest BCUT2D eigenvalue weighted by Crippen LogP contribution is 2.40. The Hall–Kier alpha value is -4.85. The molecular formula is C35H43ClN10O3. The van der Waals surface area contributed by atoms with Gasteiger partial charge in [-0.2, -0.15) is 4.98 Å². The number of nitrogens with zero attached hydrogens (tertiary/aromatic N) is 7. The van der Waals surface area contributed by atoms with E-state index in [9.17, 15) is 4.79 Å². The quantitative estimate of drug-likeness (QED) is 0.169. The third kappa shape index (κ3) is 8.24. The first-order valence-electron chi connectivity index (χ1n) is 16.4. The largest absolute Gasteiger partial charge is 0.494 e. The molecule has 4 aromatic rings. The van der Waals surface area contributed by atoms with E-state index in [1.165, 1.54) is 12.3 Å². The molecule has 4 heterocycles. The third-order valence-electron chi connectivity index (χ3n) is 9.03. The molecule has 0 unspecified atom stereocenters. The number of hydrogen-bond donors (Lipinski definition) is 3. The highest BCUT2D eigenvalue weighted by molar-refractivity contribution is 6.33. The fourth-order valence-corrected chi connectivity index (χ4v) is 6.32. The van der Waals surface area contributed by atoms with Gasteiger partial charge in [0.05, 0.1) is 36.1 Å². The van der Waals surface area contributed by atoms with Crippen LogP contribution in [0.3, 0.4) is 0 Å². The van der Waals surface area contributed by atoms with Crippen LogP contribution < -0.4 is 30.3 Å². The van der Waals surface area contributed by atoms with Crippen LogP contribution in [0, 0.1) is 0 Å². The number of halogens is 1. The molecule has 0 bridgehead atoms. The maximum absolute atomic E-state index is 12.6. The Bertz CT molecular complexity index is 1770. The van der Waals surface area contributed by atoms with Gasteiger partial charge in [-0.1, -0.05) is 30.3 Å². The zero-order chi connectivity index (χ0) is 34.3. The van der Waals surface area contributed by atoms with Crippen LogP contribution in [-0.4, -0.2) is 94.7 Å². The highest BCUT2D eigenvalue weighted by atomic mass is 35.5. The van der Waals surface area contributed by atoms with E-state index in [-0.39, 0.29) is 11.9 Å². The lowest BCUT2D eigenvalue weighted by Gasteiger charge is -2.43. The van der Waals surface area contributed by atoms with Crippen LogP contribution in [0.15, 0.2) is 67.6 Å². The average Bonchev–Trinajstić information content (AvgIpc) is 3.54. The molecule has 1 amide bonds. The van der Waals surface area contributed by atoms with E-state index in [4.69, 9.17) is 21.1 Å². The molecule has 0 radical (unpaired) electrons. The number of likely N-dealkylation sites (N-methyl/N-ethyl adjacent to an activating group) is 1. The Kier molecular flexibility index (Phi) is 10.8. The van der Waals surface area contributed by atoms with Gasteiger partial charge >= 0.3 is 0 Å². The van der Waals surface area contributed by atoms with E-state index >= 15 is 0 Å². The minimum absolute atomic E-state index is 0.276. The first-order valence-corrected chi connectivity index (χ1v) is 16.8. The highest BCUT2D eigenvalue weighted by Gasteiger charge is 2.28. The number of piperidine rings is 1. The fourth-order valence-electron chi connectivity index (χ4n) is 6.18. The van der Waals surface area contributed by atoms with Crippen LogP contribution in [-0.2, 0) is 18.4 Å². The summed E-state index contributed by atoms with van der Waals surface area (Å²) in [7, 11) is 5.72. The number of aromatic nitrogens is 4. The van der Waals surface area contributed by atoms with Gasteiger partial charge in [0.1, 0.15) is 29.0 Å². The van der Waals surface area contributed by atoms with Crippen molar-refractivity contribution in [3.63, 3.8) is 0 Å². The number of ether oxygens (including phenoxy) is 2. The van der Waals surface area contributed by atoms with E-state index in [1.54, 1.807) is 13.3 Å². The molecule has 0 atom stereocenters. The summed E-state index contributed by atoms with van der Waals surface area (Å²) in [4.78, 5) is 33.3. The summed E-state index contributed by atoms with van der Waals surface area (Å²) >= 11 is 6.55. The number of methoxy groups -OCH3 is 1. The molecule has 0 saturated carbocycles. The lowest BCUT2D eigenvalue weighted by Crippen LogP contribution is -2.52. The molecule has 2 saturated heterocycles. The molecule has 2 aliphatic heterocycles. The maximum atomic E-state index is 12.6. The number of imidazole rings is 1. The molecule has 2 aromatic heterocycles. The molecule has 6 rings (SSSR count). The predicted octanol–water partition coefficient (Wildman–Crippen LogP) is 5.28. The van der Waals surface area contributed by atoms with Gasteiger partial charge in [0.25, 0.3) is 0 Å². The number of amides is 1. The van der Waals surface area contributed by atoms with Gasteiger partial charge in [0.2, 0.25) is 11.9 Å². The first-order chi connectivity index (χ1) is 23.8. The standard InChI is InChI=1S/C35H43ClN10O3/c1-5-33(47)39-27-20-28(31(48-4)21-29(27)46-13-10-24(11-14-46)45-18-16-43(2)17-19-45)41-35-38-22-25(36)34(42-35)40-26-8-6-7-9-30(26)49-23-32-37-12-15-44(32)3/h5-9,12,15,20-22,24H,1,10-11,13-14,16-19,23H2,2-4H3,(H,39,47)(H2,38,40,41,42). The van der Waals surface area contributed by atoms with Crippen molar-refractivity contribution >= 4 is 52.0 Å². The Labute approximate surface area is 291 Å². The average molecular weight is 687 g/mol. The number of benzene rings is 2. The number of piperazine rings is 1. The van der Waals surface area contributed by atoms with Gasteiger partial charge in [0, 0.05) is 70.8 Å². The normalized spacial score (nSPS) is 15.9. The van der Waals surface area contributed by atoms with E-state index in [0.717, 1.165) is 63.6 Å². The SMILES string of the molecule is C=CC(=O)Nc1cc(Nc2ncc(Cl)c(Nc3ccccc3OCc3nccn3C)n2)c(OC)cc1N1CCC(N2CCN(C)CC2)CC1. The number of nitrogens with one attached hydrogen (secondary N) is 3. The Balaban J connectivity index is 1.21. The van der Waals surface area contributed by atoms with Crippen molar-refractivity contribution in [3.8, 4) is 11.5 Å². The van der Waals surface area contributed by atoms with E-state index in [2.05, 4.69) is 59.2 Å². The Morgan fingerprint density at radius 3 is 2.49 bits per heavy atom. The number of carbonyl (C=O) groups is 1. The minimum Gasteiger partial charge on any atom is -0.494 e. The van der Waals surface area contributed by atoms with Crippen LogP contribution in [0.4, 0.5) is 34.5 Å². The molecule has 49 heavy (non-hydrogen) atoms. The first kappa shape index (κ1) is 34.0. The van der Waals surface area contributed by atoms with Gasteiger partial charge in [-0.3, -0.25) is 9.69 Å². The summed E-state index contributed by atoms with van der Waals surface area (Å²) in [6.07, 6.45) is 8.48. The van der Waals surface area contributed by atoms with Gasteiger partial charge in [-0.15, -0.1) is 0 Å². The minimum atomic E-state index is -0.303. The van der Waals surface area contributed by atoms with Gasteiger partial charge in [0.15, 0.2) is 5.82 Å². The number of carbonyl (C=O) groups excluding carboxylic acids is 1. The van der Waals surface area contributed by atoms with Crippen molar-refractivity contribution in [3.05, 3.63) is 78.5 Å². The molecule has 2 aliphatic rings. The maximum Gasteiger partial charge on any atom is 0.247 e. The van der Waals surface area contributed by atoms with Gasteiger partial charge < -0.3 is 39.8 Å². The molecule has 14 heteroatoms. The third-order valence-corrected chi connectivity index (χ3v) is 9.31. The fraction of sp³-hybridized carbons (Fsp3) is 0.371. The lowest BCUT2D eigenvalue weighted by atomic mass is 10.0. The summed E-state index contributed by atoms with van der Waals surface area (Å²) in [5.74, 6) is 2.34. The molecule has 0 spiro atoms. The lowest BCUT2D eigenvalue weighted by molar-refractivity contribution is -0.111. The summed E-state index contributed by atoms with van der Waals surface area (Å²) in [6.45, 7) is 10.1. The number of anilines is 6. The van der Waals surface area contributed by atoms with Crippen molar-refractivity contribution < 1.29 is 14.3 Å². The second-order valence-electron chi connectivity index (χ2n) is 12.2. The van der Waals surface area contributed by atoms with Crippen LogP contribution in [0.5, 0.6) is 11.5 Å². The second-order valence-corrected chi connectivity index (χ2v) is 12.6. The van der Waals surface area contributed by atoms with Crippen LogP contribution in [0.25, 0.3) is 0 Å². The van der Waals surface area contributed by atoms with E-state index in [1.807, 2.05) is 54.2 Å². The molecule has 13 nitrogen and oxygen atoms in total. The molecule has 258 valence electrons. The molecule has 2 fully saturated rings. The number of hydrogen-bond acceptors (Lipinski definition) is 11. The molecular weight excluding hydrogens is 644 g/mol. The zero-order valence-electron chi connectivity index (χ0n) is 28.2. The number of para-hydroxylation sites is 2.